The van der Waals surface area contributed by atoms with Gasteiger partial charge in [-0.25, -0.2) is 18.1 Å². The Balaban J connectivity index is 1.38. The monoisotopic (exact) mass is 469 g/mol. The first kappa shape index (κ1) is 23.4. The molecule has 0 radical (unpaired) electrons. The van der Waals surface area contributed by atoms with Gasteiger partial charge in [0.25, 0.3) is 5.91 Å². The summed E-state index contributed by atoms with van der Waals surface area (Å²) in [5.41, 5.74) is 1.80. The number of nitrogens with zero attached hydrogens (tertiary/aromatic N) is 2. The molecule has 0 atom stereocenters. The maximum Gasteiger partial charge on any atom is 0.253 e. The number of aromatic nitrogens is 2. The van der Waals surface area contributed by atoms with Gasteiger partial charge in [0.05, 0.1) is 10.5 Å². The average molecular weight is 470 g/mol. The molecule has 0 saturated carbocycles. The second-order valence-electron chi connectivity index (χ2n) is 10.1. The van der Waals surface area contributed by atoms with E-state index in [4.69, 9.17) is 0 Å². The number of piperidine rings is 1. The van der Waals surface area contributed by atoms with Gasteiger partial charge in [0.2, 0.25) is 10.0 Å². The number of imidazole rings is 1. The van der Waals surface area contributed by atoms with E-state index in [0.717, 1.165) is 11.2 Å². The van der Waals surface area contributed by atoms with E-state index >= 15 is 0 Å². The standard InChI is InChI=1S/C24H31N5O3S/c1-23(2)13-19(14-24(3,4)28-23)27-33(31,32)20-8-5-17(6-9-20)15-26-22(30)18-7-10-21-25-11-12-29(21)16-18/h5-12,16,19,27-28H,13-15H2,1-4H3,(H,26,30). The van der Waals surface area contributed by atoms with Crippen molar-refractivity contribution in [3.8, 4) is 0 Å². The van der Waals surface area contributed by atoms with E-state index in [1.807, 2.05) is 0 Å². The van der Waals surface area contributed by atoms with Crippen LogP contribution >= 0.6 is 0 Å². The van der Waals surface area contributed by atoms with E-state index in [0.29, 0.717) is 24.9 Å². The number of hydrogen-bond donors (Lipinski definition) is 3. The molecule has 1 saturated heterocycles. The number of sulfonamides is 1. The molecule has 3 aromatic rings. The van der Waals surface area contributed by atoms with Crippen molar-refractivity contribution in [2.75, 3.05) is 0 Å². The summed E-state index contributed by atoms with van der Waals surface area (Å²) in [6.45, 7) is 8.65. The van der Waals surface area contributed by atoms with Crippen molar-refractivity contribution in [3.63, 3.8) is 0 Å². The average Bonchev–Trinajstić information content (AvgIpc) is 3.17. The van der Waals surface area contributed by atoms with Crippen molar-refractivity contribution in [2.24, 2.45) is 0 Å². The van der Waals surface area contributed by atoms with Crippen LogP contribution in [0, 0.1) is 0 Å². The third kappa shape index (κ3) is 5.61. The van der Waals surface area contributed by atoms with Gasteiger partial charge in [0, 0.05) is 42.3 Å². The summed E-state index contributed by atoms with van der Waals surface area (Å²) in [7, 11) is -3.64. The Labute approximate surface area is 194 Å². The molecular formula is C24H31N5O3S. The number of carbonyl (C=O) groups is 1. The second kappa shape index (κ2) is 8.55. The van der Waals surface area contributed by atoms with E-state index < -0.39 is 10.0 Å². The second-order valence-corrected chi connectivity index (χ2v) is 11.8. The molecule has 1 aliphatic rings. The third-order valence-corrected chi connectivity index (χ3v) is 7.39. The lowest BCUT2D eigenvalue weighted by Gasteiger charge is -2.46. The van der Waals surface area contributed by atoms with E-state index in [9.17, 15) is 13.2 Å². The molecule has 0 spiro atoms. The fraction of sp³-hybridized carbons (Fsp3) is 0.417. The Hall–Kier alpha value is -2.75. The van der Waals surface area contributed by atoms with Crippen LogP contribution in [0.4, 0.5) is 0 Å². The molecule has 3 N–H and O–H groups in total. The van der Waals surface area contributed by atoms with Crippen LogP contribution in [-0.4, -0.2) is 40.8 Å². The number of rotatable bonds is 6. The number of amides is 1. The molecule has 1 amide bonds. The van der Waals surface area contributed by atoms with Crippen molar-refractivity contribution in [1.82, 2.24) is 24.7 Å². The van der Waals surface area contributed by atoms with Gasteiger partial charge in [-0.1, -0.05) is 12.1 Å². The Kier molecular flexibility index (Phi) is 6.07. The van der Waals surface area contributed by atoms with Gasteiger partial charge >= 0.3 is 0 Å². The van der Waals surface area contributed by atoms with Crippen LogP contribution in [0.2, 0.25) is 0 Å². The first-order chi connectivity index (χ1) is 15.4. The van der Waals surface area contributed by atoms with Crippen molar-refractivity contribution in [2.45, 2.75) is 69.1 Å². The highest BCUT2D eigenvalue weighted by Gasteiger charge is 2.39. The number of hydrogen-bond acceptors (Lipinski definition) is 5. The Morgan fingerprint density at radius 3 is 2.42 bits per heavy atom. The minimum absolute atomic E-state index is 0.145. The van der Waals surface area contributed by atoms with Crippen LogP contribution in [0.1, 0.15) is 56.5 Å². The van der Waals surface area contributed by atoms with Crippen LogP contribution in [0.15, 0.2) is 59.9 Å². The molecule has 8 nitrogen and oxygen atoms in total. The topological polar surface area (TPSA) is 105 Å². The smallest absolute Gasteiger partial charge is 0.253 e. The van der Waals surface area contributed by atoms with Crippen molar-refractivity contribution >= 4 is 21.6 Å². The van der Waals surface area contributed by atoms with Crippen LogP contribution in [0.5, 0.6) is 0 Å². The summed E-state index contributed by atoms with van der Waals surface area (Å²) in [6.07, 6.45) is 6.61. The summed E-state index contributed by atoms with van der Waals surface area (Å²) in [4.78, 5) is 16.9. The zero-order valence-corrected chi connectivity index (χ0v) is 20.2. The number of benzene rings is 1. The molecule has 2 aromatic heterocycles. The number of carbonyl (C=O) groups excluding carboxylic acids is 1. The van der Waals surface area contributed by atoms with Crippen molar-refractivity contribution < 1.29 is 13.2 Å². The summed E-state index contributed by atoms with van der Waals surface area (Å²) in [5, 5.41) is 6.43. The highest BCUT2D eigenvalue weighted by atomic mass is 32.2. The molecule has 9 heteroatoms. The molecular weight excluding hydrogens is 438 g/mol. The molecule has 1 fully saturated rings. The number of pyridine rings is 1. The summed E-state index contributed by atoms with van der Waals surface area (Å²) in [6, 6.07) is 9.98. The van der Waals surface area contributed by atoms with Gasteiger partial charge in [0.15, 0.2) is 0 Å². The molecule has 176 valence electrons. The zero-order valence-electron chi connectivity index (χ0n) is 19.4. The number of nitrogens with one attached hydrogen (secondary N) is 3. The zero-order chi connectivity index (χ0) is 23.9. The molecule has 1 aromatic carbocycles. The quantitative estimate of drug-likeness (QED) is 0.515. The molecule has 0 unspecified atom stereocenters. The lowest BCUT2D eigenvalue weighted by Crippen LogP contribution is -2.62. The van der Waals surface area contributed by atoms with E-state index in [1.54, 1.807) is 59.4 Å². The van der Waals surface area contributed by atoms with Gasteiger partial charge in [0.1, 0.15) is 5.65 Å². The van der Waals surface area contributed by atoms with Crippen LogP contribution in [0.3, 0.4) is 0 Å². The van der Waals surface area contributed by atoms with Gasteiger partial charge < -0.3 is 15.0 Å². The number of fused-ring (bicyclic) bond motifs is 1. The van der Waals surface area contributed by atoms with E-state index in [-0.39, 0.29) is 27.9 Å². The minimum Gasteiger partial charge on any atom is -0.348 e. The van der Waals surface area contributed by atoms with Gasteiger partial charge in [-0.2, -0.15) is 0 Å². The van der Waals surface area contributed by atoms with Crippen molar-refractivity contribution in [3.05, 3.63) is 66.1 Å². The lowest BCUT2D eigenvalue weighted by atomic mass is 9.80. The summed E-state index contributed by atoms with van der Waals surface area (Å²) >= 11 is 0. The molecule has 33 heavy (non-hydrogen) atoms. The minimum atomic E-state index is -3.64. The predicted octanol–water partition coefficient (Wildman–Crippen LogP) is 2.85. The summed E-state index contributed by atoms with van der Waals surface area (Å²) in [5.74, 6) is -0.208. The van der Waals surface area contributed by atoms with Gasteiger partial charge in [-0.3, -0.25) is 4.79 Å². The molecule has 3 heterocycles. The first-order valence-electron chi connectivity index (χ1n) is 11.0. The normalized spacial score (nSPS) is 18.3. The Morgan fingerprint density at radius 1 is 1.09 bits per heavy atom. The van der Waals surface area contributed by atoms with Gasteiger partial charge in [-0.15, -0.1) is 0 Å². The molecule has 4 rings (SSSR count). The van der Waals surface area contributed by atoms with Crippen LogP contribution < -0.4 is 15.4 Å². The van der Waals surface area contributed by atoms with Crippen molar-refractivity contribution in [1.29, 1.82) is 0 Å². The molecule has 0 bridgehead atoms. The SMILES string of the molecule is CC1(C)CC(NS(=O)(=O)c2ccc(CNC(=O)c3ccc4nccn4c3)cc2)CC(C)(C)N1. The largest absolute Gasteiger partial charge is 0.348 e. The third-order valence-electron chi connectivity index (χ3n) is 5.85. The molecule has 1 aliphatic heterocycles. The van der Waals surface area contributed by atoms with E-state index in [1.165, 1.54) is 0 Å². The first-order valence-corrected chi connectivity index (χ1v) is 12.5. The van der Waals surface area contributed by atoms with E-state index in [2.05, 4.69) is 48.0 Å². The molecule has 0 aliphatic carbocycles. The van der Waals surface area contributed by atoms with Gasteiger partial charge in [-0.05, 0) is 70.4 Å². The highest BCUT2D eigenvalue weighted by molar-refractivity contribution is 7.89. The maximum absolute atomic E-state index is 13.0. The fourth-order valence-corrected chi connectivity index (χ4v) is 6.05. The Morgan fingerprint density at radius 2 is 1.76 bits per heavy atom. The Bertz CT molecular complexity index is 1250. The lowest BCUT2D eigenvalue weighted by molar-refractivity contribution is 0.0950. The predicted molar refractivity (Wildman–Crippen MR) is 127 cm³/mol. The maximum atomic E-state index is 13.0. The summed E-state index contributed by atoms with van der Waals surface area (Å²) < 4.78 is 30.6. The van der Waals surface area contributed by atoms with Crippen LogP contribution in [0.25, 0.3) is 5.65 Å². The fourth-order valence-electron chi connectivity index (χ4n) is 4.82. The van der Waals surface area contributed by atoms with Crippen LogP contribution in [-0.2, 0) is 16.6 Å². The highest BCUT2D eigenvalue weighted by Crippen LogP contribution is 2.29.